The van der Waals surface area contributed by atoms with Crippen molar-refractivity contribution in [2.45, 2.75) is 44.6 Å². The molecule has 6 nitrogen and oxygen atoms in total. The molecule has 0 aromatic heterocycles. The second-order valence-electron chi connectivity index (χ2n) is 6.38. The van der Waals surface area contributed by atoms with Crippen molar-refractivity contribution in [3.63, 3.8) is 0 Å². The van der Waals surface area contributed by atoms with Crippen molar-refractivity contribution in [3.05, 3.63) is 39.9 Å². The number of nitrogens with one attached hydrogen (secondary N) is 1. The van der Waals surface area contributed by atoms with Gasteiger partial charge in [0, 0.05) is 12.1 Å². The van der Waals surface area contributed by atoms with Crippen LogP contribution in [0.2, 0.25) is 0 Å². The minimum Gasteiger partial charge on any atom is -0.460 e. The zero-order valence-electron chi connectivity index (χ0n) is 13.7. The molecule has 0 aliphatic heterocycles. The van der Waals surface area contributed by atoms with Gasteiger partial charge in [-0.25, -0.2) is 4.79 Å². The van der Waals surface area contributed by atoms with E-state index < -0.39 is 10.9 Å². The number of rotatable bonds is 6. The molecule has 0 unspecified atom stereocenters. The predicted molar refractivity (Wildman–Crippen MR) is 87.4 cm³/mol. The third-order valence-corrected chi connectivity index (χ3v) is 4.89. The van der Waals surface area contributed by atoms with Gasteiger partial charge in [0.05, 0.1) is 16.0 Å². The largest absolute Gasteiger partial charge is 0.460 e. The topological polar surface area (TPSA) is 81.5 Å². The Morgan fingerprint density at radius 1 is 1.30 bits per heavy atom. The van der Waals surface area contributed by atoms with Crippen LogP contribution >= 0.6 is 0 Å². The van der Waals surface area contributed by atoms with Crippen LogP contribution < -0.4 is 5.32 Å². The van der Waals surface area contributed by atoms with Crippen LogP contribution in [0.15, 0.2) is 24.3 Å². The maximum Gasteiger partial charge on any atom is 0.338 e. The first-order chi connectivity index (χ1) is 11.0. The molecule has 0 radical (unpaired) electrons. The van der Waals surface area contributed by atoms with E-state index in [9.17, 15) is 14.9 Å². The molecular formula is C17H24N2O4. The Morgan fingerprint density at radius 3 is 2.43 bits per heavy atom. The number of nitro benzene ring substituents is 1. The fraction of sp³-hybridized carbons (Fsp3) is 0.588. The van der Waals surface area contributed by atoms with Crippen LogP contribution in [0, 0.1) is 16.0 Å². The average Bonchev–Trinajstić information content (AvgIpc) is 2.60. The van der Waals surface area contributed by atoms with E-state index in [0.717, 1.165) is 12.8 Å². The van der Waals surface area contributed by atoms with Gasteiger partial charge < -0.3 is 10.1 Å². The van der Waals surface area contributed by atoms with E-state index in [0.29, 0.717) is 18.1 Å². The van der Waals surface area contributed by atoms with Gasteiger partial charge in [-0.15, -0.1) is 0 Å². The zero-order valence-corrected chi connectivity index (χ0v) is 13.7. The molecule has 1 saturated carbocycles. The van der Waals surface area contributed by atoms with Crippen molar-refractivity contribution in [3.8, 4) is 0 Å². The van der Waals surface area contributed by atoms with Crippen LogP contribution in [0.5, 0.6) is 0 Å². The zero-order chi connectivity index (χ0) is 16.9. The smallest absolute Gasteiger partial charge is 0.338 e. The Morgan fingerprint density at radius 2 is 1.91 bits per heavy atom. The highest BCUT2D eigenvalue weighted by Crippen LogP contribution is 2.32. The standard InChI is InChI=1S/C17H24N2O4/c1-17(18-2,14-6-4-3-5-7-14)12-23-16(20)13-8-10-15(11-9-13)19(21)22/h8-11,14,18H,3-7,12H2,1-2H3/t17-/m1/s1. The van der Waals surface area contributed by atoms with Gasteiger partial charge in [0.25, 0.3) is 5.69 Å². The summed E-state index contributed by atoms with van der Waals surface area (Å²) < 4.78 is 5.47. The number of carbonyl (C=O) groups excluding carboxylic acids is 1. The lowest BCUT2D eigenvalue weighted by atomic mass is 9.76. The molecule has 126 valence electrons. The number of nitrogens with zero attached hydrogens (tertiary/aromatic N) is 1. The van der Waals surface area contributed by atoms with Crippen molar-refractivity contribution < 1.29 is 14.5 Å². The molecule has 0 bridgehead atoms. The lowest BCUT2D eigenvalue weighted by molar-refractivity contribution is -0.384. The summed E-state index contributed by atoms with van der Waals surface area (Å²) in [5.41, 5.74) is 0.0538. The average molecular weight is 320 g/mol. The summed E-state index contributed by atoms with van der Waals surface area (Å²) in [6.45, 7) is 2.39. The van der Waals surface area contributed by atoms with Crippen molar-refractivity contribution >= 4 is 11.7 Å². The molecular weight excluding hydrogens is 296 g/mol. The van der Waals surface area contributed by atoms with Gasteiger partial charge in [-0.2, -0.15) is 0 Å². The van der Waals surface area contributed by atoms with Crippen LogP contribution in [0.25, 0.3) is 0 Å². The van der Waals surface area contributed by atoms with E-state index in [1.807, 2.05) is 7.05 Å². The van der Waals surface area contributed by atoms with Crippen molar-refractivity contribution in [2.75, 3.05) is 13.7 Å². The van der Waals surface area contributed by atoms with E-state index in [4.69, 9.17) is 4.74 Å². The van der Waals surface area contributed by atoms with Crippen LogP contribution in [0.4, 0.5) is 5.69 Å². The van der Waals surface area contributed by atoms with Crippen LogP contribution in [0.1, 0.15) is 49.4 Å². The first-order valence-corrected chi connectivity index (χ1v) is 8.07. The van der Waals surface area contributed by atoms with Gasteiger partial charge in [-0.1, -0.05) is 19.3 Å². The maximum atomic E-state index is 12.2. The molecule has 1 aliphatic carbocycles. The number of likely N-dealkylation sites (N-methyl/N-ethyl adjacent to an activating group) is 1. The van der Waals surface area contributed by atoms with Crippen molar-refractivity contribution in [2.24, 2.45) is 5.92 Å². The summed E-state index contributed by atoms with van der Waals surface area (Å²) >= 11 is 0. The van der Waals surface area contributed by atoms with E-state index in [1.165, 1.54) is 43.5 Å². The lowest BCUT2D eigenvalue weighted by Crippen LogP contribution is -2.51. The Kier molecular flexibility index (Phi) is 5.71. The molecule has 1 aliphatic rings. The number of carbonyl (C=O) groups is 1. The fourth-order valence-corrected chi connectivity index (χ4v) is 3.15. The number of hydrogen-bond acceptors (Lipinski definition) is 5. The molecule has 1 atom stereocenters. The van der Waals surface area contributed by atoms with E-state index in [2.05, 4.69) is 12.2 Å². The van der Waals surface area contributed by atoms with E-state index in [-0.39, 0.29) is 11.2 Å². The predicted octanol–water partition coefficient (Wildman–Crippen LogP) is 3.31. The minimum atomic E-state index is -0.490. The highest BCUT2D eigenvalue weighted by Gasteiger charge is 2.35. The normalized spacial score (nSPS) is 18.2. The summed E-state index contributed by atoms with van der Waals surface area (Å²) in [6, 6.07) is 5.49. The van der Waals surface area contributed by atoms with Gasteiger partial charge in [-0.05, 0) is 44.9 Å². The highest BCUT2D eigenvalue weighted by atomic mass is 16.6. The molecule has 23 heavy (non-hydrogen) atoms. The minimum absolute atomic E-state index is 0.0381. The number of hydrogen-bond donors (Lipinski definition) is 1. The third-order valence-electron chi connectivity index (χ3n) is 4.89. The van der Waals surface area contributed by atoms with Crippen molar-refractivity contribution in [1.29, 1.82) is 0 Å². The number of ether oxygens (including phenoxy) is 1. The molecule has 1 fully saturated rings. The van der Waals surface area contributed by atoms with Crippen LogP contribution in [0.3, 0.4) is 0 Å². The number of non-ortho nitro benzene ring substituents is 1. The molecule has 0 saturated heterocycles. The van der Waals surface area contributed by atoms with Gasteiger partial charge >= 0.3 is 5.97 Å². The molecule has 1 N–H and O–H groups in total. The molecule has 1 aromatic carbocycles. The van der Waals surface area contributed by atoms with Crippen molar-refractivity contribution in [1.82, 2.24) is 5.32 Å². The molecule has 0 spiro atoms. The molecule has 0 heterocycles. The molecule has 2 rings (SSSR count). The summed E-state index contributed by atoms with van der Waals surface area (Å²) in [4.78, 5) is 22.3. The van der Waals surface area contributed by atoms with Gasteiger partial charge in [-0.3, -0.25) is 10.1 Å². The maximum absolute atomic E-state index is 12.2. The SMILES string of the molecule is CN[C@](C)(COC(=O)c1ccc([N+](=O)[O-])cc1)C1CCCCC1. The quantitative estimate of drug-likeness (QED) is 0.494. The van der Waals surface area contributed by atoms with Crippen LogP contribution in [-0.4, -0.2) is 30.1 Å². The first-order valence-electron chi connectivity index (χ1n) is 8.07. The molecule has 6 heteroatoms. The summed E-state index contributed by atoms with van der Waals surface area (Å²) in [5, 5.41) is 13.9. The second-order valence-corrected chi connectivity index (χ2v) is 6.38. The van der Waals surface area contributed by atoms with Gasteiger partial charge in [0.15, 0.2) is 0 Å². The number of nitro groups is 1. The van der Waals surface area contributed by atoms with Gasteiger partial charge in [0.1, 0.15) is 6.61 Å². The van der Waals surface area contributed by atoms with E-state index in [1.54, 1.807) is 0 Å². The Hall–Kier alpha value is -1.95. The Labute approximate surface area is 136 Å². The summed E-state index contributed by atoms with van der Waals surface area (Å²) in [6.07, 6.45) is 6.01. The molecule has 0 amide bonds. The summed E-state index contributed by atoms with van der Waals surface area (Å²) in [5.74, 6) is 0.0445. The van der Waals surface area contributed by atoms with Crippen LogP contribution in [-0.2, 0) is 4.74 Å². The lowest BCUT2D eigenvalue weighted by Gasteiger charge is -2.39. The first kappa shape index (κ1) is 17.4. The second kappa shape index (κ2) is 7.55. The third kappa shape index (κ3) is 4.28. The molecule has 1 aromatic rings. The summed E-state index contributed by atoms with van der Waals surface area (Å²) in [7, 11) is 1.90. The van der Waals surface area contributed by atoms with Gasteiger partial charge in [0.2, 0.25) is 0 Å². The highest BCUT2D eigenvalue weighted by molar-refractivity contribution is 5.89. The fourth-order valence-electron chi connectivity index (χ4n) is 3.15. The van der Waals surface area contributed by atoms with E-state index >= 15 is 0 Å². The Bertz CT molecular complexity index is 552. The number of benzene rings is 1. The monoisotopic (exact) mass is 320 g/mol. The Balaban J connectivity index is 1.97. The number of esters is 1.